The lowest BCUT2D eigenvalue weighted by Crippen LogP contribution is -2.33. The number of unbranched alkanes of at least 4 members (excludes halogenated alkanes) is 5. The van der Waals surface area contributed by atoms with Gasteiger partial charge < -0.3 is 29.8 Å². The largest absolute Gasteiger partial charge is 0.490 e. The smallest absolute Gasteiger partial charge is 0.338 e. The van der Waals surface area contributed by atoms with E-state index in [1.54, 1.807) is 18.2 Å². The Morgan fingerprint density at radius 3 is 2.39 bits per heavy atom. The summed E-state index contributed by atoms with van der Waals surface area (Å²) in [4.78, 5) is 41.0. The first-order valence-corrected chi connectivity index (χ1v) is 19.2. The number of carbonyl (C=O) groups excluding carboxylic acids is 2. The SMILES string of the molecule is CCCCCCCCOc1ccc(C)cc1OCNc1ccc(Cl)c(NC(=O)C(C(=O)c2c(-c3ccccc3)n(C)c3ccccc23)n2cc(C(=O)O)cn2)c1. The predicted molar refractivity (Wildman–Crippen MR) is 220 cm³/mol. The second-order valence-corrected chi connectivity index (χ2v) is 14.1. The number of hydrogen-bond donors (Lipinski definition) is 3. The summed E-state index contributed by atoms with van der Waals surface area (Å²) >= 11 is 6.61. The van der Waals surface area contributed by atoms with E-state index >= 15 is 0 Å². The lowest BCUT2D eigenvalue weighted by molar-refractivity contribution is -0.118. The van der Waals surface area contributed by atoms with Crippen molar-refractivity contribution in [3.63, 3.8) is 0 Å². The Balaban J connectivity index is 1.23. The van der Waals surface area contributed by atoms with Crippen LogP contribution in [0.25, 0.3) is 22.2 Å². The van der Waals surface area contributed by atoms with Gasteiger partial charge in [-0.3, -0.25) is 14.3 Å². The van der Waals surface area contributed by atoms with E-state index in [1.165, 1.54) is 31.9 Å². The fraction of sp³-hybridized carbons (Fsp3) is 0.273. The fourth-order valence-corrected chi connectivity index (χ4v) is 6.87. The molecule has 2 heterocycles. The molecule has 11 nitrogen and oxygen atoms in total. The van der Waals surface area contributed by atoms with E-state index in [9.17, 15) is 19.5 Å². The molecule has 290 valence electrons. The first-order valence-electron chi connectivity index (χ1n) is 18.8. The summed E-state index contributed by atoms with van der Waals surface area (Å²) in [6, 6.07) is 26.0. The van der Waals surface area contributed by atoms with Crippen molar-refractivity contribution in [3.05, 3.63) is 125 Å². The molecule has 2 aromatic heterocycles. The number of para-hydroxylation sites is 1. The number of aryl methyl sites for hydroxylation is 2. The van der Waals surface area contributed by atoms with Gasteiger partial charge in [-0.25, -0.2) is 4.79 Å². The summed E-state index contributed by atoms with van der Waals surface area (Å²) in [6.45, 7) is 4.88. The average molecular weight is 776 g/mol. The Kier molecular flexibility index (Phi) is 13.1. The number of ketones is 1. The number of nitrogens with zero attached hydrogens (tertiary/aromatic N) is 3. The third-order valence-corrected chi connectivity index (χ3v) is 9.92. The second kappa shape index (κ2) is 18.5. The van der Waals surface area contributed by atoms with E-state index in [0.29, 0.717) is 40.4 Å². The standard InChI is InChI=1S/C44H46ClN5O6/c1-4-5-6-7-8-14-23-55-37-22-19-29(2)24-38(37)56-28-46-32-20-21-34(45)35(25-32)48-43(52)41(50-27-31(26-47-50)44(53)54)42(51)39-33-17-12-13-18-36(33)49(3)40(39)30-15-10-9-11-16-30/h9-13,15-22,24-27,41,46H,4-8,14,23,28H2,1-3H3,(H,48,52)(H,53,54). The molecule has 1 amide bonds. The minimum absolute atomic E-state index is 0.0849. The zero-order valence-corrected chi connectivity index (χ0v) is 32.5. The Morgan fingerprint density at radius 2 is 1.62 bits per heavy atom. The van der Waals surface area contributed by atoms with Crippen LogP contribution in [0.4, 0.5) is 11.4 Å². The van der Waals surface area contributed by atoms with Crippen molar-refractivity contribution in [1.82, 2.24) is 14.3 Å². The maximum atomic E-state index is 14.8. The molecule has 1 unspecified atom stereocenters. The Morgan fingerprint density at radius 1 is 0.875 bits per heavy atom. The number of nitrogens with one attached hydrogen (secondary N) is 2. The molecule has 6 rings (SSSR count). The van der Waals surface area contributed by atoms with Gasteiger partial charge in [0.25, 0.3) is 5.91 Å². The van der Waals surface area contributed by atoms with E-state index in [0.717, 1.165) is 40.4 Å². The molecule has 4 aromatic carbocycles. The maximum absolute atomic E-state index is 14.8. The number of rotatable bonds is 19. The first-order chi connectivity index (χ1) is 27.2. The van der Waals surface area contributed by atoms with Crippen molar-refractivity contribution in [2.45, 2.75) is 58.4 Å². The summed E-state index contributed by atoms with van der Waals surface area (Å²) < 4.78 is 15.2. The number of anilines is 2. The number of fused-ring (bicyclic) bond motifs is 1. The summed E-state index contributed by atoms with van der Waals surface area (Å²) in [5.41, 5.74) is 4.12. The van der Waals surface area contributed by atoms with E-state index in [1.807, 2.05) is 91.3 Å². The van der Waals surface area contributed by atoms with Gasteiger partial charge in [-0.15, -0.1) is 0 Å². The Hall–Kier alpha value is -6.07. The number of Topliss-reactive ketones (excluding diaryl/α,β-unsaturated/α-hetero) is 1. The molecular weight excluding hydrogens is 730 g/mol. The summed E-state index contributed by atoms with van der Waals surface area (Å²) in [7, 11) is 1.86. The quantitative estimate of drug-likeness (QED) is 0.0320. The van der Waals surface area contributed by atoms with Gasteiger partial charge in [-0.2, -0.15) is 5.10 Å². The summed E-state index contributed by atoms with van der Waals surface area (Å²) in [6.07, 6.45) is 9.29. The zero-order chi connectivity index (χ0) is 39.6. The number of benzene rings is 4. The number of halogens is 1. The number of carbonyl (C=O) groups is 3. The summed E-state index contributed by atoms with van der Waals surface area (Å²) in [5.74, 6) is -1.31. The molecule has 3 N–H and O–H groups in total. The first kappa shape index (κ1) is 39.6. The van der Waals surface area contributed by atoms with Crippen LogP contribution in [0.2, 0.25) is 5.02 Å². The molecular formula is C44H46ClN5O6. The van der Waals surface area contributed by atoms with E-state index in [-0.39, 0.29) is 23.0 Å². The van der Waals surface area contributed by atoms with Gasteiger partial charge in [-0.05, 0) is 60.9 Å². The van der Waals surface area contributed by atoms with Crippen LogP contribution < -0.4 is 20.1 Å². The van der Waals surface area contributed by atoms with Gasteiger partial charge in [-0.1, -0.05) is 105 Å². The van der Waals surface area contributed by atoms with Crippen LogP contribution in [0, 0.1) is 6.92 Å². The molecule has 6 aromatic rings. The highest BCUT2D eigenvalue weighted by molar-refractivity contribution is 6.34. The molecule has 0 fully saturated rings. The predicted octanol–water partition coefficient (Wildman–Crippen LogP) is 9.95. The zero-order valence-electron chi connectivity index (χ0n) is 31.8. The van der Waals surface area contributed by atoms with Crippen molar-refractivity contribution in [2.75, 3.05) is 24.0 Å². The van der Waals surface area contributed by atoms with Gasteiger partial charge in [0, 0.05) is 29.8 Å². The number of carboxylic acid groups (broad SMARTS) is 1. The summed E-state index contributed by atoms with van der Waals surface area (Å²) in [5, 5.41) is 20.7. The van der Waals surface area contributed by atoms with Crippen molar-refractivity contribution in [2.24, 2.45) is 7.05 Å². The van der Waals surface area contributed by atoms with E-state index in [4.69, 9.17) is 21.1 Å². The van der Waals surface area contributed by atoms with Crippen molar-refractivity contribution < 1.29 is 29.0 Å². The molecule has 0 saturated carbocycles. The molecule has 0 aliphatic heterocycles. The van der Waals surface area contributed by atoms with Crippen LogP contribution in [0.3, 0.4) is 0 Å². The highest BCUT2D eigenvalue weighted by Gasteiger charge is 2.35. The van der Waals surface area contributed by atoms with Crippen LogP contribution in [-0.2, 0) is 11.8 Å². The number of hydrogen-bond acceptors (Lipinski definition) is 7. The molecule has 0 saturated heterocycles. The van der Waals surface area contributed by atoms with Crippen molar-refractivity contribution >= 4 is 51.5 Å². The molecule has 56 heavy (non-hydrogen) atoms. The minimum atomic E-state index is -1.59. The Labute approximate surface area is 331 Å². The third kappa shape index (κ3) is 9.23. The maximum Gasteiger partial charge on any atom is 0.338 e. The number of aromatic nitrogens is 3. The van der Waals surface area contributed by atoms with Gasteiger partial charge in [0.05, 0.1) is 40.3 Å². The lowest BCUT2D eigenvalue weighted by atomic mass is 9.97. The topological polar surface area (TPSA) is 137 Å². The highest BCUT2D eigenvalue weighted by atomic mass is 35.5. The monoisotopic (exact) mass is 775 g/mol. The average Bonchev–Trinajstić information content (AvgIpc) is 3.80. The molecule has 0 spiro atoms. The fourth-order valence-electron chi connectivity index (χ4n) is 6.70. The van der Waals surface area contributed by atoms with Crippen molar-refractivity contribution in [3.8, 4) is 22.8 Å². The van der Waals surface area contributed by atoms with E-state index < -0.39 is 23.7 Å². The van der Waals surface area contributed by atoms with Crippen LogP contribution in [-0.4, -0.2) is 50.5 Å². The second-order valence-electron chi connectivity index (χ2n) is 13.7. The molecule has 0 aliphatic carbocycles. The Bertz CT molecular complexity index is 2320. The number of aromatic carboxylic acids is 1. The number of ether oxygens (including phenoxy) is 2. The number of carboxylic acids is 1. The molecule has 12 heteroatoms. The number of amides is 1. The highest BCUT2D eigenvalue weighted by Crippen LogP contribution is 2.36. The third-order valence-electron chi connectivity index (χ3n) is 9.59. The van der Waals surface area contributed by atoms with Gasteiger partial charge in [0.15, 0.2) is 30.1 Å². The van der Waals surface area contributed by atoms with Crippen LogP contribution >= 0.6 is 11.6 Å². The van der Waals surface area contributed by atoms with Crippen molar-refractivity contribution in [1.29, 1.82) is 0 Å². The normalized spacial score (nSPS) is 11.6. The lowest BCUT2D eigenvalue weighted by Gasteiger charge is -2.19. The van der Waals surface area contributed by atoms with Gasteiger partial charge >= 0.3 is 5.97 Å². The molecule has 1 atom stereocenters. The molecule has 0 aliphatic rings. The van der Waals surface area contributed by atoms with Gasteiger partial charge in [0.2, 0.25) is 0 Å². The van der Waals surface area contributed by atoms with Crippen LogP contribution in [0.15, 0.2) is 103 Å². The van der Waals surface area contributed by atoms with E-state index in [2.05, 4.69) is 22.7 Å². The minimum Gasteiger partial charge on any atom is -0.490 e. The van der Waals surface area contributed by atoms with Crippen LogP contribution in [0.5, 0.6) is 11.5 Å². The van der Waals surface area contributed by atoms with Gasteiger partial charge in [0.1, 0.15) is 0 Å². The van der Waals surface area contributed by atoms with Crippen LogP contribution in [0.1, 0.15) is 77.8 Å². The molecule has 0 bridgehead atoms. The molecule has 0 radical (unpaired) electrons.